The van der Waals surface area contributed by atoms with Gasteiger partial charge in [-0.2, -0.15) is 0 Å². The minimum absolute atomic E-state index is 0.0517. The number of aromatic nitrogens is 1. The van der Waals surface area contributed by atoms with Crippen LogP contribution in [-0.2, 0) is 4.79 Å². The molecule has 1 aromatic heterocycles. The van der Waals surface area contributed by atoms with Crippen LogP contribution in [-0.4, -0.2) is 41.3 Å². The van der Waals surface area contributed by atoms with Crippen LogP contribution in [0.5, 0.6) is 0 Å². The summed E-state index contributed by atoms with van der Waals surface area (Å²) in [4.78, 5) is 29.5. The van der Waals surface area contributed by atoms with Gasteiger partial charge in [0.1, 0.15) is 5.69 Å². The van der Waals surface area contributed by atoms with E-state index in [0.29, 0.717) is 31.1 Å². The van der Waals surface area contributed by atoms with Crippen molar-refractivity contribution in [2.45, 2.75) is 32.6 Å². The standard InChI is InChI=1S/C19H25N3O2/c1-2-6-18(23)20-12-14-7-5-10-22(13-14)19(24)17-11-15-8-3-4-9-16(15)21-17/h3-4,8-9,11,14,21H,2,5-7,10,12-13H2,1H3,(H,20,23). The number of carbonyl (C=O) groups excluding carboxylic acids is 2. The molecule has 0 saturated carbocycles. The minimum Gasteiger partial charge on any atom is -0.356 e. The molecule has 1 saturated heterocycles. The number of amides is 2. The molecule has 1 aromatic carbocycles. The molecule has 1 atom stereocenters. The van der Waals surface area contributed by atoms with Crippen LogP contribution in [0.1, 0.15) is 43.1 Å². The summed E-state index contributed by atoms with van der Waals surface area (Å²) in [5.41, 5.74) is 1.63. The maximum atomic E-state index is 12.8. The number of aromatic amines is 1. The number of nitrogens with zero attached hydrogens (tertiary/aromatic N) is 1. The van der Waals surface area contributed by atoms with Crippen molar-refractivity contribution in [1.82, 2.24) is 15.2 Å². The number of benzene rings is 1. The van der Waals surface area contributed by atoms with Crippen molar-refractivity contribution in [3.63, 3.8) is 0 Å². The second-order valence-corrected chi connectivity index (χ2v) is 6.58. The zero-order chi connectivity index (χ0) is 16.9. The Labute approximate surface area is 142 Å². The molecule has 2 amide bonds. The molecule has 0 radical (unpaired) electrons. The van der Waals surface area contributed by atoms with Crippen molar-refractivity contribution in [3.05, 3.63) is 36.0 Å². The fourth-order valence-corrected chi connectivity index (χ4v) is 3.35. The third kappa shape index (κ3) is 3.78. The predicted molar refractivity (Wildman–Crippen MR) is 94.8 cm³/mol. The summed E-state index contributed by atoms with van der Waals surface area (Å²) in [5.74, 6) is 0.500. The second kappa shape index (κ2) is 7.51. The number of H-pyrrole nitrogens is 1. The summed E-state index contributed by atoms with van der Waals surface area (Å²) in [6.45, 7) is 4.16. The highest BCUT2D eigenvalue weighted by molar-refractivity contribution is 5.98. The average molecular weight is 327 g/mol. The van der Waals surface area contributed by atoms with E-state index in [-0.39, 0.29) is 11.8 Å². The van der Waals surface area contributed by atoms with E-state index in [1.807, 2.05) is 42.2 Å². The van der Waals surface area contributed by atoms with Crippen molar-refractivity contribution in [3.8, 4) is 0 Å². The smallest absolute Gasteiger partial charge is 0.270 e. The molecular weight excluding hydrogens is 302 g/mol. The summed E-state index contributed by atoms with van der Waals surface area (Å²) in [5, 5.41) is 4.05. The van der Waals surface area contributed by atoms with Gasteiger partial charge in [0, 0.05) is 37.0 Å². The number of fused-ring (bicyclic) bond motifs is 1. The molecule has 24 heavy (non-hydrogen) atoms. The molecule has 128 valence electrons. The summed E-state index contributed by atoms with van der Waals surface area (Å²) in [6, 6.07) is 9.84. The van der Waals surface area contributed by atoms with E-state index in [4.69, 9.17) is 0 Å². The largest absolute Gasteiger partial charge is 0.356 e. The van der Waals surface area contributed by atoms with Crippen LogP contribution in [0, 0.1) is 5.92 Å². The molecular formula is C19H25N3O2. The minimum atomic E-state index is 0.0517. The van der Waals surface area contributed by atoms with E-state index in [0.717, 1.165) is 36.7 Å². The van der Waals surface area contributed by atoms with Gasteiger partial charge in [0.15, 0.2) is 0 Å². The number of piperidine rings is 1. The van der Waals surface area contributed by atoms with Crippen LogP contribution < -0.4 is 5.32 Å². The normalized spacial score (nSPS) is 17.9. The first kappa shape index (κ1) is 16.6. The lowest BCUT2D eigenvalue weighted by atomic mass is 9.97. The van der Waals surface area contributed by atoms with Gasteiger partial charge in [0.25, 0.3) is 5.91 Å². The van der Waals surface area contributed by atoms with Gasteiger partial charge >= 0.3 is 0 Å². The first-order valence-electron chi connectivity index (χ1n) is 8.81. The number of hydrogen-bond acceptors (Lipinski definition) is 2. The molecule has 5 heteroatoms. The fraction of sp³-hybridized carbons (Fsp3) is 0.474. The van der Waals surface area contributed by atoms with Crippen molar-refractivity contribution >= 4 is 22.7 Å². The number of nitrogens with one attached hydrogen (secondary N) is 2. The zero-order valence-electron chi connectivity index (χ0n) is 14.2. The molecule has 1 aliphatic heterocycles. The van der Waals surface area contributed by atoms with Gasteiger partial charge in [-0.25, -0.2) is 0 Å². The molecule has 2 aromatic rings. The molecule has 0 spiro atoms. The highest BCUT2D eigenvalue weighted by atomic mass is 16.2. The van der Waals surface area contributed by atoms with Crippen LogP contribution in [0.2, 0.25) is 0 Å². The Kier molecular flexibility index (Phi) is 5.18. The average Bonchev–Trinajstić information content (AvgIpc) is 3.04. The van der Waals surface area contributed by atoms with Crippen LogP contribution >= 0.6 is 0 Å². The van der Waals surface area contributed by atoms with Crippen molar-refractivity contribution < 1.29 is 9.59 Å². The molecule has 5 nitrogen and oxygen atoms in total. The zero-order valence-corrected chi connectivity index (χ0v) is 14.2. The lowest BCUT2D eigenvalue weighted by molar-refractivity contribution is -0.121. The topological polar surface area (TPSA) is 65.2 Å². The maximum absolute atomic E-state index is 12.8. The van der Waals surface area contributed by atoms with E-state index >= 15 is 0 Å². The molecule has 2 N–H and O–H groups in total. The summed E-state index contributed by atoms with van der Waals surface area (Å²) >= 11 is 0. The van der Waals surface area contributed by atoms with E-state index < -0.39 is 0 Å². The number of para-hydroxylation sites is 1. The van der Waals surface area contributed by atoms with Crippen molar-refractivity contribution in [1.29, 1.82) is 0 Å². The van der Waals surface area contributed by atoms with E-state index in [1.165, 1.54) is 0 Å². The number of likely N-dealkylation sites (tertiary alicyclic amines) is 1. The monoisotopic (exact) mass is 327 g/mol. The van der Waals surface area contributed by atoms with Gasteiger partial charge in [-0.15, -0.1) is 0 Å². The van der Waals surface area contributed by atoms with E-state index in [9.17, 15) is 9.59 Å². The Balaban J connectivity index is 1.61. The number of carbonyl (C=O) groups is 2. The van der Waals surface area contributed by atoms with Gasteiger partial charge in [0.2, 0.25) is 5.91 Å². The molecule has 2 heterocycles. The van der Waals surface area contributed by atoms with E-state index in [1.54, 1.807) is 0 Å². The molecule has 3 rings (SSSR count). The van der Waals surface area contributed by atoms with Gasteiger partial charge in [0.05, 0.1) is 0 Å². The van der Waals surface area contributed by atoms with Gasteiger partial charge < -0.3 is 15.2 Å². The van der Waals surface area contributed by atoms with Crippen LogP contribution in [0.4, 0.5) is 0 Å². The molecule has 0 aliphatic carbocycles. The molecule has 0 bridgehead atoms. The quantitative estimate of drug-likeness (QED) is 0.887. The number of hydrogen-bond donors (Lipinski definition) is 2. The highest BCUT2D eigenvalue weighted by Gasteiger charge is 2.25. The van der Waals surface area contributed by atoms with Gasteiger partial charge in [-0.3, -0.25) is 9.59 Å². The van der Waals surface area contributed by atoms with Crippen LogP contribution in [0.15, 0.2) is 30.3 Å². The Morgan fingerprint density at radius 2 is 2.17 bits per heavy atom. The second-order valence-electron chi connectivity index (χ2n) is 6.58. The molecule has 1 unspecified atom stereocenters. The lowest BCUT2D eigenvalue weighted by Crippen LogP contribution is -2.43. The third-order valence-corrected chi connectivity index (χ3v) is 4.63. The van der Waals surface area contributed by atoms with Crippen LogP contribution in [0.3, 0.4) is 0 Å². The van der Waals surface area contributed by atoms with Gasteiger partial charge in [-0.05, 0) is 37.3 Å². The van der Waals surface area contributed by atoms with E-state index in [2.05, 4.69) is 10.3 Å². The Morgan fingerprint density at radius 3 is 2.96 bits per heavy atom. The number of rotatable bonds is 5. The maximum Gasteiger partial charge on any atom is 0.270 e. The predicted octanol–water partition coefficient (Wildman–Crippen LogP) is 2.94. The van der Waals surface area contributed by atoms with Crippen molar-refractivity contribution in [2.24, 2.45) is 5.92 Å². The Bertz CT molecular complexity index is 689. The summed E-state index contributed by atoms with van der Waals surface area (Å²) in [7, 11) is 0. The first-order valence-corrected chi connectivity index (χ1v) is 8.81. The van der Waals surface area contributed by atoms with Gasteiger partial charge in [-0.1, -0.05) is 25.1 Å². The van der Waals surface area contributed by atoms with Crippen LogP contribution in [0.25, 0.3) is 10.9 Å². The highest BCUT2D eigenvalue weighted by Crippen LogP contribution is 2.20. The molecule has 1 fully saturated rings. The summed E-state index contributed by atoms with van der Waals surface area (Å²) < 4.78 is 0. The fourth-order valence-electron chi connectivity index (χ4n) is 3.35. The first-order chi connectivity index (χ1) is 11.7. The Hall–Kier alpha value is -2.30. The summed E-state index contributed by atoms with van der Waals surface area (Å²) in [6.07, 6.45) is 3.48. The Morgan fingerprint density at radius 1 is 1.33 bits per heavy atom. The SMILES string of the molecule is CCCC(=O)NCC1CCCN(C(=O)c2cc3ccccc3[nH]2)C1. The third-order valence-electron chi connectivity index (χ3n) is 4.63. The van der Waals surface area contributed by atoms with Crippen molar-refractivity contribution in [2.75, 3.05) is 19.6 Å². The molecule has 1 aliphatic rings. The lowest BCUT2D eigenvalue weighted by Gasteiger charge is -2.32.